The molecule has 19 heavy (non-hydrogen) atoms. The molecule has 0 atom stereocenters. The molecule has 2 aromatic rings. The highest BCUT2D eigenvalue weighted by Crippen LogP contribution is 2.12. The summed E-state index contributed by atoms with van der Waals surface area (Å²) in [6, 6.07) is 11.7. The van der Waals surface area contributed by atoms with Crippen LogP contribution in [0.3, 0.4) is 0 Å². The van der Waals surface area contributed by atoms with Crippen molar-refractivity contribution < 1.29 is 4.74 Å². The monoisotopic (exact) mass is 321 g/mol. The molecule has 2 rings (SSSR count). The summed E-state index contributed by atoms with van der Waals surface area (Å²) >= 11 is 3.35. The summed E-state index contributed by atoms with van der Waals surface area (Å²) in [6.07, 6.45) is 0.912. The van der Waals surface area contributed by atoms with Gasteiger partial charge in [-0.15, -0.1) is 0 Å². The number of rotatable bonds is 6. The van der Waals surface area contributed by atoms with E-state index in [1.54, 1.807) is 0 Å². The normalized spacial score (nSPS) is 10.2. The Morgan fingerprint density at radius 2 is 2.00 bits per heavy atom. The van der Waals surface area contributed by atoms with Gasteiger partial charge < -0.3 is 10.1 Å². The van der Waals surface area contributed by atoms with E-state index >= 15 is 0 Å². The summed E-state index contributed by atoms with van der Waals surface area (Å²) in [5.41, 5.74) is 0. The minimum atomic E-state index is 0.683. The molecule has 5 heteroatoms. The van der Waals surface area contributed by atoms with E-state index in [0.29, 0.717) is 6.61 Å². The number of anilines is 1. The lowest BCUT2D eigenvalue weighted by molar-refractivity contribution is 0.315. The van der Waals surface area contributed by atoms with Gasteiger partial charge in [0, 0.05) is 12.6 Å². The molecule has 0 saturated carbocycles. The van der Waals surface area contributed by atoms with Crippen LogP contribution in [0.4, 0.5) is 5.82 Å². The van der Waals surface area contributed by atoms with Gasteiger partial charge in [0.05, 0.1) is 6.61 Å². The highest BCUT2D eigenvalue weighted by molar-refractivity contribution is 9.10. The van der Waals surface area contributed by atoms with E-state index in [2.05, 4.69) is 31.2 Å². The number of ether oxygens (including phenoxy) is 1. The van der Waals surface area contributed by atoms with E-state index < -0.39 is 0 Å². The van der Waals surface area contributed by atoms with Crippen molar-refractivity contribution >= 4 is 21.7 Å². The lowest BCUT2D eigenvalue weighted by atomic mass is 10.3. The number of para-hydroxylation sites is 1. The molecule has 0 fully saturated rings. The third-order valence-corrected chi connectivity index (χ3v) is 2.85. The van der Waals surface area contributed by atoms with Crippen molar-refractivity contribution in [2.45, 2.75) is 13.3 Å². The first kappa shape index (κ1) is 13.8. The van der Waals surface area contributed by atoms with E-state index in [4.69, 9.17) is 4.74 Å². The number of benzene rings is 1. The first-order chi connectivity index (χ1) is 9.24. The summed E-state index contributed by atoms with van der Waals surface area (Å²) in [5.74, 6) is 2.49. The highest BCUT2D eigenvalue weighted by atomic mass is 79.9. The molecule has 100 valence electrons. The Balaban J connectivity index is 1.69. The van der Waals surface area contributed by atoms with Crippen LogP contribution >= 0.6 is 15.9 Å². The van der Waals surface area contributed by atoms with Gasteiger partial charge in [-0.05, 0) is 41.4 Å². The summed E-state index contributed by atoms with van der Waals surface area (Å²) in [4.78, 5) is 8.46. The van der Waals surface area contributed by atoms with Gasteiger partial charge in [0.25, 0.3) is 0 Å². The maximum absolute atomic E-state index is 5.61. The Morgan fingerprint density at radius 3 is 2.74 bits per heavy atom. The standard InChI is InChI=1S/C14H16BrN3O/c1-11-17-13(15)10-14(18-11)16-8-5-9-19-12-6-3-2-4-7-12/h2-4,6-7,10H,5,8-9H2,1H3,(H,16,17,18). The Kier molecular flexibility index (Phi) is 5.15. The topological polar surface area (TPSA) is 47.0 Å². The van der Waals surface area contributed by atoms with E-state index in [1.165, 1.54) is 0 Å². The van der Waals surface area contributed by atoms with Gasteiger partial charge in [-0.25, -0.2) is 9.97 Å². The molecule has 0 aliphatic heterocycles. The lowest BCUT2D eigenvalue weighted by Gasteiger charge is -2.08. The molecule has 0 spiro atoms. The second-order valence-electron chi connectivity index (χ2n) is 4.06. The fourth-order valence-electron chi connectivity index (χ4n) is 1.62. The van der Waals surface area contributed by atoms with Crippen LogP contribution in [-0.4, -0.2) is 23.1 Å². The first-order valence-electron chi connectivity index (χ1n) is 6.17. The summed E-state index contributed by atoms with van der Waals surface area (Å²) < 4.78 is 6.40. The fourth-order valence-corrected chi connectivity index (χ4v) is 2.09. The average Bonchev–Trinajstić information content (AvgIpc) is 2.38. The van der Waals surface area contributed by atoms with Gasteiger partial charge in [0.15, 0.2) is 0 Å². The summed E-state index contributed by atoms with van der Waals surface area (Å²) in [7, 11) is 0. The molecular formula is C14H16BrN3O. The average molecular weight is 322 g/mol. The maximum Gasteiger partial charge on any atom is 0.130 e. The van der Waals surface area contributed by atoms with Gasteiger partial charge in [-0.1, -0.05) is 18.2 Å². The van der Waals surface area contributed by atoms with E-state index in [9.17, 15) is 0 Å². The Morgan fingerprint density at radius 1 is 1.21 bits per heavy atom. The maximum atomic E-state index is 5.61. The smallest absolute Gasteiger partial charge is 0.130 e. The molecule has 1 aromatic carbocycles. The van der Waals surface area contributed by atoms with Gasteiger partial charge in [0.2, 0.25) is 0 Å². The molecule has 1 N–H and O–H groups in total. The van der Waals surface area contributed by atoms with Crippen LogP contribution in [0.1, 0.15) is 12.2 Å². The quantitative estimate of drug-likeness (QED) is 0.654. The number of hydrogen-bond acceptors (Lipinski definition) is 4. The van der Waals surface area contributed by atoms with Crippen LogP contribution in [0, 0.1) is 6.92 Å². The van der Waals surface area contributed by atoms with Gasteiger partial charge in [-0.2, -0.15) is 0 Å². The molecule has 0 radical (unpaired) electrons. The minimum Gasteiger partial charge on any atom is -0.494 e. The third kappa shape index (κ3) is 4.87. The number of halogens is 1. The van der Waals surface area contributed by atoms with E-state index in [1.807, 2.05) is 43.3 Å². The Labute approximate surface area is 121 Å². The lowest BCUT2D eigenvalue weighted by Crippen LogP contribution is -2.09. The fraction of sp³-hybridized carbons (Fsp3) is 0.286. The Bertz CT molecular complexity index is 499. The number of hydrogen-bond donors (Lipinski definition) is 1. The molecular weight excluding hydrogens is 306 g/mol. The summed E-state index contributed by atoms with van der Waals surface area (Å²) in [5, 5.41) is 3.25. The molecule has 0 amide bonds. The number of nitrogens with zero attached hydrogens (tertiary/aromatic N) is 2. The van der Waals surface area contributed by atoms with Crippen LogP contribution in [0.25, 0.3) is 0 Å². The molecule has 4 nitrogen and oxygen atoms in total. The molecule has 1 heterocycles. The van der Waals surface area contributed by atoms with Crippen molar-refractivity contribution in [3.05, 3.63) is 46.8 Å². The zero-order chi connectivity index (χ0) is 13.5. The molecule has 0 bridgehead atoms. The van der Waals surface area contributed by atoms with Crippen molar-refractivity contribution in [3.8, 4) is 5.75 Å². The second-order valence-corrected chi connectivity index (χ2v) is 4.88. The van der Waals surface area contributed by atoms with Crippen LogP contribution < -0.4 is 10.1 Å². The SMILES string of the molecule is Cc1nc(Br)cc(NCCCOc2ccccc2)n1. The largest absolute Gasteiger partial charge is 0.494 e. The third-order valence-electron chi connectivity index (χ3n) is 2.45. The minimum absolute atomic E-state index is 0.683. The number of aryl methyl sites for hydroxylation is 1. The van der Waals surface area contributed by atoms with Crippen molar-refractivity contribution in [3.63, 3.8) is 0 Å². The molecule has 1 aromatic heterocycles. The van der Waals surface area contributed by atoms with Gasteiger partial charge in [-0.3, -0.25) is 0 Å². The van der Waals surface area contributed by atoms with Crippen LogP contribution in [-0.2, 0) is 0 Å². The zero-order valence-electron chi connectivity index (χ0n) is 10.8. The Hall–Kier alpha value is -1.62. The van der Waals surface area contributed by atoms with Crippen molar-refractivity contribution in [1.82, 2.24) is 9.97 Å². The molecule has 0 aliphatic carbocycles. The van der Waals surface area contributed by atoms with Gasteiger partial charge >= 0.3 is 0 Å². The number of aromatic nitrogens is 2. The second kappa shape index (κ2) is 7.09. The van der Waals surface area contributed by atoms with Crippen molar-refractivity contribution in [2.24, 2.45) is 0 Å². The van der Waals surface area contributed by atoms with Gasteiger partial charge in [0.1, 0.15) is 22.0 Å². The first-order valence-corrected chi connectivity index (χ1v) is 6.96. The highest BCUT2D eigenvalue weighted by Gasteiger charge is 1.99. The molecule has 0 aliphatic rings. The molecule has 0 unspecified atom stereocenters. The van der Waals surface area contributed by atoms with Crippen LogP contribution in [0.2, 0.25) is 0 Å². The number of nitrogens with one attached hydrogen (secondary N) is 1. The van der Waals surface area contributed by atoms with Crippen molar-refractivity contribution in [1.29, 1.82) is 0 Å². The van der Waals surface area contributed by atoms with Crippen LogP contribution in [0.5, 0.6) is 5.75 Å². The van der Waals surface area contributed by atoms with Crippen molar-refractivity contribution in [2.75, 3.05) is 18.5 Å². The predicted molar refractivity (Wildman–Crippen MR) is 79.5 cm³/mol. The molecule has 0 saturated heterocycles. The van der Waals surface area contributed by atoms with E-state index in [-0.39, 0.29) is 0 Å². The zero-order valence-corrected chi connectivity index (χ0v) is 12.4. The predicted octanol–water partition coefficient (Wildman–Crippen LogP) is 3.43. The summed E-state index contributed by atoms with van der Waals surface area (Å²) in [6.45, 7) is 3.37. The van der Waals surface area contributed by atoms with E-state index in [0.717, 1.165) is 35.0 Å². The van der Waals surface area contributed by atoms with Crippen LogP contribution in [0.15, 0.2) is 41.0 Å².